The first-order chi connectivity index (χ1) is 10.5. The van der Waals surface area contributed by atoms with Gasteiger partial charge in [-0.1, -0.05) is 13.8 Å². The van der Waals surface area contributed by atoms with E-state index in [0.717, 1.165) is 64.3 Å². The highest BCUT2D eigenvalue weighted by atomic mass is 16.2. The number of carbonyl (C=O) groups excluding carboxylic acids is 1. The summed E-state index contributed by atoms with van der Waals surface area (Å²) in [6.45, 7) is 14.1. The summed E-state index contributed by atoms with van der Waals surface area (Å²) in [5.74, 6) is 1.45. The molecule has 0 saturated carbocycles. The summed E-state index contributed by atoms with van der Waals surface area (Å²) in [4.78, 5) is 17.3. The summed E-state index contributed by atoms with van der Waals surface area (Å²) in [6, 6.07) is 1.17. The average molecular weight is 309 g/mol. The van der Waals surface area contributed by atoms with E-state index in [-0.39, 0.29) is 5.92 Å². The van der Waals surface area contributed by atoms with Crippen LogP contribution in [0.4, 0.5) is 0 Å². The van der Waals surface area contributed by atoms with Crippen molar-refractivity contribution in [1.82, 2.24) is 15.1 Å². The Morgan fingerprint density at radius 3 is 2.09 bits per heavy atom. The van der Waals surface area contributed by atoms with E-state index in [1.54, 1.807) is 0 Å². The zero-order valence-corrected chi connectivity index (χ0v) is 15.0. The quantitative estimate of drug-likeness (QED) is 0.847. The van der Waals surface area contributed by atoms with Gasteiger partial charge in [0.1, 0.15) is 0 Å². The molecule has 2 rings (SSSR count). The van der Waals surface area contributed by atoms with Crippen LogP contribution in [0.2, 0.25) is 0 Å². The van der Waals surface area contributed by atoms with Crippen molar-refractivity contribution in [3.8, 4) is 0 Å². The van der Waals surface area contributed by atoms with Gasteiger partial charge in [0.25, 0.3) is 0 Å². The molecule has 4 nitrogen and oxygen atoms in total. The lowest BCUT2D eigenvalue weighted by atomic mass is 9.91. The zero-order valence-electron chi connectivity index (χ0n) is 15.0. The van der Waals surface area contributed by atoms with Gasteiger partial charge in [0, 0.05) is 31.1 Å². The van der Waals surface area contributed by atoms with Crippen molar-refractivity contribution in [1.29, 1.82) is 0 Å². The van der Waals surface area contributed by atoms with Crippen LogP contribution in [0.25, 0.3) is 0 Å². The third kappa shape index (κ3) is 4.95. The Kier molecular flexibility index (Phi) is 6.69. The molecule has 0 aromatic rings. The maximum Gasteiger partial charge on any atom is 0.225 e. The van der Waals surface area contributed by atoms with Crippen molar-refractivity contribution in [2.24, 2.45) is 11.8 Å². The molecule has 0 bridgehead atoms. The lowest BCUT2D eigenvalue weighted by molar-refractivity contribution is -0.138. The van der Waals surface area contributed by atoms with Crippen LogP contribution in [0, 0.1) is 11.8 Å². The minimum absolute atomic E-state index is 0.278. The second-order valence-electron chi connectivity index (χ2n) is 7.74. The van der Waals surface area contributed by atoms with Crippen LogP contribution in [0.3, 0.4) is 0 Å². The zero-order chi connectivity index (χ0) is 16.1. The van der Waals surface area contributed by atoms with Crippen molar-refractivity contribution in [2.75, 3.05) is 32.7 Å². The molecule has 0 unspecified atom stereocenters. The molecule has 2 heterocycles. The molecule has 0 radical (unpaired) electrons. The summed E-state index contributed by atoms with van der Waals surface area (Å²) in [5.41, 5.74) is 0. The van der Waals surface area contributed by atoms with Crippen LogP contribution < -0.4 is 5.32 Å². The summed E-state index contributed by atoms with van der Waals surface area (Å²) in [5, 5.41) is 3.53. The standard InChI is InChI=1S/C18H35N3O/c1-14(2)19-13-16-5-9-21(10-6-16)18(22)17-7-11-20(12-8-17)15(3)4/h14-17,19H,5-13H2,1-4H3. The van der Waals surface area contributed by atoms with E-state index in [0.29, 0.717) is 18.0 Å². The topological polar surface area (TPSA) is 35.6 Å². The van der Waals surface area contributed by atoms with Crippen molar-refractivity contribution in [2.45, 2.75) is 65.5 Å². The minimum atomic E-state index is 0.278. The second kappa shape index (κ2) is 8.30. The first-order valence-electron chi connectivity index (χ1n) is 9.23. The largest absolute Gasteiger partial charge is 0.342 e. The van der Waals surface area contributed by atoms with Gasteiger partial charge in [0.05, 0.1) is 0 Å². The summed E-state index contributed by atoms with van der Waals surface area (Å²) in [7, 11) is 0. The van der Waals surface area contributed by atoms with E-state index in [9.17, 15) is 4.79 Å². The number of hydrogen-bond acceptors (Lipinski definition) is 3. The molecule has 1 N–H and O–H groups in total. The van der Waals surface area contributed by atoms with Crippen LogP contribution >= 0.6 is 0 Å². The molecule has 2 aliphatic heterocycles. The Hall–Kier alpha value is -0.610. The first kappa shape index (κ1) is 17.7. The van der Waals surface area contributed by atoms with Gasteiger partial charge in [-0.05, 0) is 65.1 Å². The van der Waals surface area contributed by atoms with E-state index in [4.69, 9.17) is 0 Å². The van der Waals surface area contributed by atoms with Gasteiger partial charge in [-0.15, -0.1) is 0 Å². The fourth-order valence-electron chi connectivity index (χ4n) is 3.68. The number of carbonyl (C=O) groups is 1. The van der Waals surface area contributed by atoms with E-state index < -0.39 is 0 Å². The molecule has 2 fully saturated rings. The van der Waals surface area contributed by atoms with Crippen LogP contribution in [0.1, 0.15) is 53.4 Å². The van der Waals surface area contributed by atoms with Gasteiger partial charge >= 0.3 is 0 Å². The van der Waals surface area contributed by atoms with Gasteiger partial charge in [-0.2, -0.15) is 0 Å². The highest BCUT2D eigenvalue weighted by molar-refractivity contribution is 5.79. The lowest BCUT2D eigenvalue weighted by Crippen LogP contribution is -2.47. The summed E-state index contributed by atoms with van der Waals surface area (Å²) >= 11 is 0. The van der Waals surface area contributed by atoms with Crippen molar-refractivity contribution < 1.29 is 4.79 Å². The number of nitrogens with zero attached hydrogens (tertiary/aromatic N) is 2. The van der Waals surface area contributed by atoms with Gasteiger partial charge in [-0.25, -0.2) is 0 Å². The molecule has 0 atom stereocenters. The Morgan fingerprint density at radius 1 is 1.00 bits per heavy atom. The summed E-state index contributed by atoms with van der Waals surface area (Å²) < 4.78 is 0. The molecular formula is C18H35N3O. The molecule has 2 saturated heterocycles. The Balaban J connectivity index is 1.71. The summed E-state index contributed by atoms with van der Waals surface area (Å²) in [6.07, 6.45) is 4.42. The number of hydrogen-bond donors (Lipinski definition) is 1. The Labute approximate surface area is 136 Å². The Bertz CT molecular complexity index is 340. The smallest absolute Gasteiger partial charge is 0.225 e. The molecule has 0 spiro atoms. The highest BCUT2D eigenvalue weighted by Gasteiger charge is 2.31. The van der Waals surface area contributed by atoms with Crippen molar-refractivity contribution >= 4 is 5.91 Å². The molecule has 22 heavy (non-hydrogen) atoms. The maximum atomic E-state index is 12.7. The van der Waals surface area contributed by atoms with Crippen LogP contribution in [-0.4, -0.2) is 60.5 Å². The molecule has 1 amide bonds. The Morgan fingerprint density at radius 2 is 1.59 bits per heavy atom. The normalized spacial score (nSPS) is 22.7. The average Bonchev–Trinajstić information content (AvgIpc) is 2.53. The van der Waals surface area contributed by atoms with E-state index >= 15 is 0 Å². The number of likely N-dealkylation sites (tertiary alicyclic amines) is 2. The van der Waals surface area contributed by atoms with E-state index in [2.05, 4.69) is 42.8 Å². The van der Waals surface area contributed by atoms with Crippen LogP contribution in [-0.2, 0) is 4.79 Å². The van der Waals surface area contributed by atoms with Gasteiger partial charge < -0.3 is 15.1 Å². The third-order valence-electron chi connectivity index (χ3n) is 5.35. The lowest BCUT2D eigenvalue weighted by Gasteiger charge is -2.38. The fraction of sp³-hybridized carbons (Fsp3) is 0.944. The predicted molar refractivity (Wildman–Crippen MR) is 91.9 cm³/mol. The first-order valence-corrected chi connectivity index (χ1v) is 9.23. The molecule has 128 valence electrons. The highest BCUT2D eigenvalue weighted by Crippen LogP contribution is 2.24. The monoisotopic (exact) mass is 309 g/mol. The van der Waals surface area contributed by atoms with E-state index in [1.165, 1.54) is 0 Å². The number of rotatable bonds is 5. The molecule has 0 aliphatic carbocycles. The number of nitrogens with one attached hydrogen (secondary N) is 1. The SMILES string of the molecule is CC(C)NCC1CCN(C(=O)C2CCN(C(C)C)CC2)CC1. The molecule has 4 heteroatoms. The van der Waals surface area contributed by atoms with E-state index in [1.807, 2.05) is 0 Å². The molecule has 2 aliphatic rings. The minimum Gasteiger partial charge on any atom is -0.342 e. The van der Waals surface area contributed by atoms with Gasteiger partial charge in [0.2, 0.25) is 5.91 Å². The number of piperidine rings is 2. The van der Waals surface area contributed by atoms with Crippen molar-refractivity contribution in [3.05, 3.63) is 0 Å². The molecule has 0 aromatic carbocycles. The van der Waals surface area contributed by atoms with Gasteiger partial charge in [0.15, 0.2) is 0 Å². The second-order valence-corrected chi connectivity index (χ2v) is 7.74. The maximum absolute atomic E-state index is 12.7. The van der Waals surface area contributed by atoms with Gasteiger partial charge in [-0.3, -0.25) is 4.79 Å². The van der Waals surface area contributed by atoms with Crippen LogP contribution in [0.15, 0.2) is 0 Å². The van der Waals surface area contributed by atoms with Crippen LogP contribution in [0.5, 0.6) is 0 Å². The predicted octanol–water partition coefficient (Wildman–Crippen LogP) is 2.34. The molecule has 0 aromatic heterocycles. The molecular weight excluding hydrogens is 274 g/mol. The van der Waals surface area contributed by atoms with Crippen molar-refractivity contribution in [3.63, 3.8) is 0 Å². The number of amides is 1. The fourth-order valence-corrected chi connectivity index (χ4v) is 3.68. The third-order valence-corrected chi connectivity index (χ3v) is 5.35.